The van der Waals surface area contributed by atoms with E-state index in [1.54, 1.807) is 12.4 Å². The number of nitrogens with zero attached hydrogens (tertiary/aromatic N) is 4. The summed E-state index contributed by atoms with van der Waals surface area (Å²) >= 11 is 0. The average molecular weight is 390 g/mol. The Balaban J connectivity index is 1.22. The third kappa shape index (κ3) is 3.34. The van der Waals surface area contributed by atoms with Crippen LogP contribution in [0.3, 0.4) is 0 Å². The van der Waals surface area contributed by atoms with Gasteiger partial charge in [0.15, 0.2) is 0 Å². The van der Waals surface area contributed by atoms with Gasteiger partial charge in [0, 0.05) is 43.9 Å². The number of hydrogen-bond acceptors (Lipinski definition) is 5. The number of benzene rings is 1. The van der Waals surface area contributed by atoms with Crippen LogP contribution in [0.1, 0.15) is 30.7 Å². The second-order valence-electron chi connectivity index (χ2n) is 8.44. The summed E-state index contributed by atoms with van der Waals surface area (Å²) in [5.41, 5.74) is 3.31. The van der Waals surface area contributed by atoms with Gasteiger partial charge < -0.3 is 15.2 Å². The monoisotopic (exact) mass is 390 g/mol. The molecule has 2 aliphatic rings. The van der Waals surface area contributed by atoms with Crippen molar-refractivity contribution in [3.63, 3.8) is 0 Å². The maximum Gasteiger partial charge on any atom is 0.225 e. The number of aromatic amines is 1. The van der Waals surface area contributed by atoms with E-state index in [0.717, 1.165) is 42.2 Å². The Hall–Kier alpha value is -2.96. The number of aromatic nitrogens is 4. The molecule has 7 nitrogen and oxygen atoms in total. The quantitative estimate of drug-likeness (QED) is 0.699. The standard InChI is InChI=1S/C22H26N6O/c1-15-4-5-17-18(12-15)27-19(26-17)6-11-23-20(29)16-13-28(14-22(16)7-2-8-22)21-24-9-3-10-25-21/h3-5,9-10,12,16H,2,6-8,11,13-14H2,1H3,(H,23,29)(H,26,27). The number of hydrogen-bond donors (Lipinski definition) is 2. The Morgan fingerprint density at radius 3 is 2.90 bits per heavy atom. The van der Waals surface area contributed by atoms with Crippen LogP contribution < -0.4 is 10.2 Å². The molecule has 1 amide bonds. The molecule has 1 unspecified atom stereocenters. The molecule has 2 aromatic heterocycles. The number of carbonyl (C=O) groups excluding carboxylic acids is 1. The van der Waals surface area contributed by atoms with E-state index in [1.807, 2.05) is 12.1 Å². The first-order valence-corrected chi connectivity index (χ1v) is 10.4. The number of H-pyrrole nitrogens is 1. The molecule has 1 atom stereocenters. The number of imidazole rings is 1. The summed E-state index contributed by atoms with van der Waals surface area (Å²) in [6.45, 7) is 4.23. The van der Waals surface area contributed by atoms with Gasteiger partial charge in [-0.1, -0.05) is 12.5 Å². The summed E-state index contributed by atoms with van der Waals surface area (Å²) in [4.78, 5) is 31.9. The molecule has 0 bridgehead atoms. The molecule has 29 heavy (non-hydrogen) atoms. The minimum absolute atomic E-state index is 0.00150. The molecule has 1 saturated carbocycles. The van der Waals surface area contributed by atoms with Crippen molar-refractivity contribution in [2.45, 2.75) is 32.6 Å². The second-order valence-corrected chi connectivity index (χ2v) is 8.44. The molecule has 3 heterocycles. The van der Waals surface area contributed by atoms with E-state index in [4.69, 9.17) is 0 Å². The van der Waals surface area contributed by atoms with Gasteiger partial charge in [-0.05, 0) is 43.5 Å². The van der Waals surface area contributed by atoms with Crippen LogP contribution in [0.2, 0.25) is 0 Å². The number of carbonyl (C=O) groups is 1. The van der Waals surface area contributed by atoms with E-state index in [1.165, 1.54) is 12.0 Å². The summed E-state index contributed by atoms with van der Waals surface area (Å²) in [6.07, 6.45) is 7.64. The van der Waals surface area contributed by atoms with E-state index in [0.29, 0.717) is 19.5 Å². The van der Waals surface area contributed by atoms with Gasteiger partial charge in [-0.25, -0.2) is 15.0 Å². The van der Waals surface area contributed by atoms with Gasteiger partial charge in [-0.2, -0.15) is 0 Å². The lowest BCUT2D eigenvalue weighted by molar-refractivity contribution is -0.129. The number of rotatable bonds is 5. The Morgan fingerprint density at radius 1 is 1.31 bits per heavy atom. The van der Waals surface area contributed by atoms with Crippen molar-refractivity contribution >= 4 is 22.9 Å². The smallest absolute Gasteiger partial charge is 0.225 e. The molecule has 3 aromatic rings. The van der Waals surface area contributed by atoms with E-state index >= 15 is 0 Å². The van der Waals surface area contributed by atoms with Crippen LogP contribution in [0.4, 0.5) is 5.95 Å². The minimum Gasteiger partial charge on any atom is -0.355 e. The number of nitrogens with one attached hydrogen (secondary N) is 2. The van der Waals surface area contributed by atoms with Crippen molar-refractivity contribution in [2.75, 3.05) is 24.5 Å². The molecule has 5 rings (SSSR count). The fourth-order valence-electron chi connectivity index (χ4n) is 4.80. The number of aryl methyl sites for hydroxylation is 1. The fourth-order valence-corrected chi connectivity index (χ4v) is 4.80. The summed E-state index contributed by atoms with van der Waals surface area (Å²) in [5, 5.41) is 3.16. The normalized spacial score (nSPS) is 20.2. The highest BCUT2D eigenvalue weighted by atomic mass is 16.2. The first-order valence-electron chi connectivity index (χ1n) is 10.4. The van der Waals surface area contributed by atoms with Crippen LogP contribution in [0.15, 0.2) is 36.7 Å². The first-order chi connectivity index (χ1) is 14.1. The zero-order valence-corrected chi connectivity index (χ0v) is 16.7. The van der Waals surface area contributed by atoms with Crippen molar-refractivity contribution in [3.05, 3.63) is 48.0 Å². The SMILES string of the molecule is Cc1ccc2nc(CCNC(=O)C3CN(c4ncccn4)CC34CCC4)[nH]c2c1. The molecule has 150 valence electrons. The summed E-state index contributed by atoms with van der Waals surface area (Å²) in [6, 6.07) is 8.02. The van der Waals surface area contributed by atoms with E-state index in [-0.39, 0.29) is 17.2 Å². The predicted molar refractivity (Wildman–Crippen MR) is 112 cm³/mol. The molecule has 7 heteroatoms. The van der Waals surface area contributed by atoms with Crippen LogP contribution in [0.5, 0.6) is 0 Å². The Bertz CT molecular complexity index is 1030. The average Bonchev–Trinajstić information content (AvgIpc) is 3.29. The molecule has 1 aliphatic heterocycles. The zero-order chi connectivity index (χ0) is 19.8. The van der Waals surface area contributed by atoms with Crippen LogP contribution in [0, 0.1) is 18.3 Å². The summed E-state index contributed by atoms with van der Waals surface area (Å²) in [5.74, 6) is 1.79. The Kier molecular flexibility index (Phi) is 4.45. The molecule has 2 N–H and O–H groups in total. The summed E-state index contributed by atoms with van der Waals surface area (Å²) < 4.78 is 0. The lowest BCUT2D eigenvalue weighted by Crippen LogP contribution is -2.45. The van der Waals surface area contributed by atoms with Crippen LogP contribution >= 0.6 is 0 Å². The van der Waals surface area contributed by atoms with Gasteiger partial charge in [-0.3, -0.25) is 4.79 Å². The fraction of sp³-hybridized carbons (Fsp3) is 0.455. The van der Waals surface area contributed by atoms with Crippen molar-refractivity contribution in [3.8, 4) is 0 Å². The Morgan fingerprint density at radius 2 is 2.14 bits per heavy atom. The van der Waals surface area contributed by atoms with Gasteiger partial charge in [0.2, 0.25) is 11.9 Å². The maximum atomic E-state index is 13.0. The number of fused-ring (bicyclic) bond motifs is 1. The molecular weight excluding hydrogens is 364 g/mol. The molecule has 1 aromatic carbocycles. The molecular formula is C22H26N6O. The molecule has 1 saturated heterocycles. The predicted octanol–water partition coefficient (Wildman–Crippen LogP) is 2.63. The van der Waals surface area contributed by atoms with Crippen molar-refractivity contribution < 1.29 is 4.79 Å². The first kappa shape index (κ1) is 18.1. The van der Waals surface area contributed by atoms with Gasteiger partial charge in [0.05, 0.1) is 17.0 Å². The lowest BCUT2D eigenvalue weighted by Gasteiger charge is -2.41. The topological polar surface area (TPSA) is 86.8 Å². The Labute approximate surface area is 170 Å². The van der Waals surface area contributed by atoms with Crippen LogP contribution in [0.25, 0.3) is 11.0 Å². The van der Waals surface area contributed by atoms with Crippen molar-refractivity contribution in [2.24, 2.45) is 11.3 Å². The molecule has 1 aliphatic carbocycles. The van der Waals surface area contributed by atoms with Crippen molar-refractivity contribution in [1.29, 1.82) is 0 Å². The van der Waals surface area contributed by atoms with Crippen LogP contribution in [-0.2, 0) is 11.2 Å². The van der Waals surface area contributed by atoms with Crippen molar-refractivity contribution in [1.82, 2.24) is 25.3 Å². The highest BCUT2D eigenvalue weighted by Crippen LogP contribution is 2.52. The van der Waals surface area contributed by atoms with E-state index < -0.39 is 0 Å². The molecule has 2 fully saturated rings. The second kappa shape index (κ2) is 7.13. The van der Waals surface area contributed by atoms with Crippen LogP contribution in [-0.4, -0.2) is 45.5 Å². The highest BCUT2D eigenvalue weighted by Gasteiger charge is 2.53. The lowest BCUT2D eigenvalue weighted by atomic mass is 9.62. The maximum absolute atomic E-state index is 13.0. The third-order valence-corrected chi connectivity index (χ3v) is 6.50. The highest BCUT2D eigenvalue weighted by molar-refractivity contribution is 5.81. The van der Waals surface area contributed by atoms with E-state index in [2.05, 4.69) is 49.2 Å². The number of amides is 1. The van der Waals surface area contributed by atoms with Gasteiger partial charge >= 0.3 is 0 Å². The van der Waals surface area contributed by atoms with E-state index in [9.17, 15) is 4.79 Å². The molecule has 0 radical (unpaired) electrons. The third-order valence-electron chi connectivity index (χ3n) is 6.50. The summed E-state index contributed by atoms with van der Waals surface area (Å²) in [7, 11) is 0. The zero-order valence-electron chi connectivity index (χ0n) is 16.7. The molecule has 1 spiro atoms. The van der Waals surface area contributed by atoms with Gasteiger partial charge in [-0.15, -0.1) is 0 Å². The van der Waals surface area contributed by atoms with Gasteiger partial charge in [0.1, 0.15) is 5.82 Å². The minimum atomic E-state index is -0.00150. The number of anilines is 1. The largest absolute Gasteiger partial charge is 0.355 e. The van der Waals surface area contributed by atoms with Gasteiger partial charge in [0.25, 0.3) is 0 Å².